The highest BCUT2D eigenvalue weighted by molar-refractivity contribution is 5.95. The van der Waals surface area contributed by atoms with E-state index in [9.17, 15) is 4.79 Å². The minimum Gasteiger partial charge on any atom is -0.381 e. The van der Waals surface area contributed by atoms with Crippen LogP contribution in [0.4, 0.5) is 0 Å². The number of hydrogen-bond acceptors (Lipinski definition) is 4. The van der Waals surface area contributed by atoms with Crippen molar-refractivity contribution in [2.24, 2.45) is 0 Å². The van der Waals surface area contributed by atoms with E-state index >= 15 is 0 Å². The van der Waals surface area contributed by atoms with Gasteiger partial charge in [0.1, 0.15) is 0 Å². The number of likely N-dealkylation sites (N-methyl/N-ethyl adjacent to an activating group) is 1. The van der Waals surface area contributed by atoms with Gasteiger partial charge < -0.3 is 14.5 Å². The number of amides is 1. The standard InChI is InChI=1S/C21H28N4O2/c1-16-19(14-22-25(16)18-8-12-27-13-9-18)21(26)24-11-10-23(2)15-20(24)17-6-4-3-5-7-17/h3-7,14,18,20H,8-13,15H2,1-2H3. The number of piperazine rings is 1. The summed E-state index contributed by atoms with van der Waals surface area (Å²) in [4.78, 5) is 17.7. The maximum atomic E-state index is 13.4. The Morgan fingerprint density at radius 1 is 1.15 bits per heavy atom. The van der Waals surface area contributed by atoms with Crippen LogP contribution in [-0.4, -0.2) is 65.4 Å². The highest BCUT2D eigenvalue weighted by Gasteiger charge is 2.33. The molecule has 0 saturated carbocycles. The smallest absolute Gasteiger partial charge is 0.257 e. The van der Waals surface area contributed by atoms with Crippen molar-refractivity contribution in [3.05, 3.63) is 53.3 Å². The maximum Gasteiger partial charge on any atom is 0.257 e. The number of hydrogen-bond donors (Lipinski definition) is 0. The Hall–Kier alpha value is -2.18. The molecule has 6 heteroatoms. The number of nitrogens with zero attached hydrogens (tertiary/aromatic N) is 4. The molecule has 1 aromatic heterocycles. The average molecular weight is 368 g/mol. The molecule has 6 nitrogen and oxygen atoms in total. The summed E-state index contributed by atoms with van der Waals surface area (Å²) >= 11 is 0. The lowest BCUT2D eigenvalue weighted by Crippen LogP contribution is -2.49. The van der Waals surface area contributed by atoms with Crippen molar-refractivity contribution in [2.75, 3.05) is 39.9 Å². The largest absolute Gasteiger partial charge is 0.381 e. The van der Waals surface area contributed by atoms with Gasteiger partial charge in [-0.3, -0.25) is 9.48 Å². The lowest BCUT2D eigenvalue weighted by atomic mass is 10.0. The van der Waals surface area contributed by atoms with Gasteiger partial charge in [0.25, 0.3) is 5.91 Å². The fourth-order valence-electron chi connectivity index (χ4n) is 4.21. The van der Waals surface area contributed by atoms with E-state index in [2.05, 4.69) is 29.2 Å². The molecule has 0 aliphatic carbocycles. The average Bonchev–Trinajstić information content (AvgIpc) is 3.10. The molecule has 1 atom stereocenters. The zero-order valence-corrected chi connectivity index (χ0v) is 16.2. The molecule has 3 heterocycles. The molecule has 4 rings (SSSR count). The number of benzene rings is 1. The summed E-state index contributed by atoms with van der Waals surface area (Å²) in [6.07, 6.45) is 3.67. The van der Waals surface area contributed by atoms with Crippen molar-refractivity contribution in [3.63, 3.8) is 0 Å². The third kappa shape index (κ3) is 3.64. The lowest BCUT2D eigenvalue weighted by molar-refractivity contribution is 0.0496. The van der Waals surface area contributed by atoms with Gasteiger partial charge in [-0.25, -0.2) is 0 Å². The van der Waals surface area contributed by atoms with E-state index in [1.54, 1.807) is 6.20 Å². The van der Waals surface area contributed by atoms with E-state index < -0.39 is 0 Å². The zero-order valence-electron chi connectivity index (χ0n) is 16.2. The summed E-state index contributed by atoms with van der Waals surface area (Å²) in [5, 5.41) is 4.57. The van der Waals surface area contributed by atoms with Gasteiger partial charge >= 0.3 is 0 Å². The van der Waals surface area contributed by atoms with E-state index in [0.29, 0.717) is 6.04 Å². The van der Waals surface area contributed by atoms with Crippen LogP contribution in [-0.2, 0) is 4.74 Å². The van der Waals surface area contributed by atoms with Gasteiger partial charge in [0, 0.05) is 38.5 Å². The van der Waals surface area contributed by atoms with Gasteiger partial charge in [-0.15, -0.1) is 0 Å². The number of ether oxygens (including phenoxy) is 1. The lowest BCUT2D eigenvalue weighted by Gasteiger charge is -2.40. The van der Waals surface area contributed by atoms with Crippen LogP contribution >= 0.6 is 0 Å². The van der Waals surface area contributed by atoms with Crippen LogP contribution in [0.3, 0.4) is 0 Å². The van der Waals surface area contributed by atoms with E-state index in [4.69, 9.17) is 4.74 Å². The van der Waals surface area contributed by atoms with Crippen molar-refractivity contribution < 1.29 is 9.53 Å². The minimum atomic E-state index is 0.0725. The SMILES string of the molecule is Cc1c(C(=O)N2CCN(C)CC2c2ccccc2)cnn1C1CCOCC1. The summed E-state index contributed by atoms with van der Waals surface area (Å²) in [7, 11) is 2.12. The first kappa shape index (κ1) is 18.2. The van der Waals surface area contributed by atoms with Crippen LogP contribution in [0.2, 0.25) is 0 Å². The molecule has 0 spiro atoms. The topological polar surface area (TPSA) is 50.6 Å². The van der Waals surface area contributed by atoms with Crippen LogP contribution < -0.4 is 0 Å². The summed E-state index contributed by atoms with van der Waals surface area (Å²) in [5.41, 5.74) is 2.89. The molecule has 2 aliphatic rings. The maximum absolute atomic E-state index is 13.4. The van der Waals surface area contributed by atoms with Gasteiger partial charge in [-0.05, 0) is 32.4 Å². The molecule has 0 N–H and O–H groups in total. The van der Waals surface area contributed by atoms with Crippen molar-refractivity contribution >= 4 is 5.91 Å². The molecule has 1 unspecified atom stereocenters. The molecule has 27 heavy (non-hydrogen) atoms. The second kappa shape index (κ2) is 7.82. The second-order valence-corrected chi connectivity index (χ2v) is 7.62. The number of carbonyl (C=O) groups is 1. The fourth-order valence-corrected chi connectivity index (χ4v) is 4.21. The predicted octanol–water partition coefficient (Wildman–Crippen LogP) is 2.67. The van der Waals surface area contributed by atoms with E-state index in [1.807, 2.05) is 34.7 Å². The van der Waals surface area contributed by atoms with Gasteiger partial charge in [-0.2, -0.15) is 5.10 Å². The Balaban J connectivity index is 1.60. The minimum absolute atomic E-state index is 0.0725. The van der Waals surface area contributed by atoms with E-state index in [-0.39, 0.29) is 11.9 Å². The second-order valence-electron chi connectivity index (χ2n) is 7.62. The van der Waals surface area contributed by atoms with Crippen LogP contribution in [0.1, 0.15) is 46.5 Å². The highest BCUT2D eigenvalue weighted by atomic mass is 16.5. The normalized spacial score (nSPS) is 22.1. The molecule has 1 amide bonds. The molecule has 0 bridgehead atoms. The monoisotopic (exact) mass is 368 g/mol. The van der Waals surface area contributed by atoms with Crippen LogP contribution in [0, 0.1) is 6.92 Å². The molecule has 2 aromatic rings. The molecule has 144 valence electrons. The van der Waals surface area contributed by atoms with Crippen molar-refractivity contribution in [3.8, 4) is 0 Å². The summed E-state index contributed by atoms with van der Waals surface area (Å²) in [6.45, 7) is 6.02. The fraction of sp³-hybridized carbons (Fsp3) is 0.524. The first-order valence-corrected chi connectivity index (χ1v) is 9.81. The van der Waals surface area contributed by atoms with Crippen molar-refractivity contribution in [1.29, 1.82) is 0 Å². The summed E-state index contributed by atoms with van der Waals surface area (Å²) in [6, 6.07) is 10.7. The molecule has 2 fully saturated rings. The van der Waals surface area contributed by atoms with Crippen molar-refractivity contribution in [1.82, 2.24) is 19.6 Å². The number of carbonyl (C=O) groups excluding carboxylic acids is 1. The Bertz CT molecular complexity index is 783. The third-order valence-corrected chi connectivity index (χ3v) is 5.84. The predicted molar refractivity (Wildman–Crippen MR) is 104 cm³/mol. The molecular weight excluding hydrogens is 340 g/mol. The van der Waals surface area contributed by atoms with Gasteiger partial charge in [-0.1, -0.05) is 30.3 Å². The summed E-state index contributed by atoms with van der Waals surface area (Å²) in [5.74, 6) is 0.0905. The van der Waals surface area contributed by atoms with E-state index in [1.165, 1.54) is 5.56 Å². The Kier molecular flexibility index (Phi) is 5.27. The van der Waals surface area contributed by atoms with Crippen LogP contribution in [0.15, 0.2) is 36.5 Å². The molecule has 2 aliphatic heterocycles. The summed E-state index contributed by atoms with van der Waals surface area (Å²) < 4.78 is 7.49. The van der Waals surface area contributed by atoms with E-state index in [0.717, 1.165) is 56.9 Å². The first-order valence-electron chi connectivity index (χ1n) is 9.81. The van der Waals surface area contributed by atoms with Crippen molar-refractivity contribution in [2.45, 2.75) is 31.8 Å². The van der Waals surface area contributed by atoms with Gasteiger partial charge in [0.05, 0.1) is 23.8 Å². The van der Waals surface area contributed by atoms with Crippen LogP contribution in [0.5, 0.6) is 0 Å². The highest BCUT2D eigenvalue weighted by Crippen LogP contribution is 2.29. The number of rotatable bonds is 3. The Morgan fingerprint density at radius 3 is 2.63 bits per heavy atom. The zero-order chi connectivity index (χ0) is 18.8. The first-order chi connectivity index (χ1) is 13.1. The van der Waals surface area contributed by atoms with Crippen LogP contribution in [0.25, 0.3) is 0 Å². The third-order valence-electron chi connectivity index (χ3n) is 5.84. The Morgan fingerprint density at radius 2 is 1.89 bits per heavy atom. The quantitative estimate of drug-likeness (QED) is 0.836. The van der Waals surface area contributed by atoms with Gasteiger partial charge in [0.15, 0.2) is 0 Å². The molecular formula is C21H28N4O2. The molecule has 0 radical (unpaired) electrons. The number of aromatic nitrogens is 2. The molecule has 2 saturated heterocycles. The van der Waals surface area contributed by atoms with Gasteiger partial charge in [0.2, 0.25) is 0 Å². The molecule has 1 aromatic carbocycles. The Labute approximate surface area is 160 Å².